The zero-order valence-electron chi connectivity index (χ0n) is 13.7. The molecule has 1 aromatic carbocycles. The normalized spacial score (nSPS) is 18.3. The second-order valence-electron chi connectivity index (χ2n) is 6.03. The van der Waals surface area contributed by atoms with Crippen LogP contribution in [0.25, 0.3) is 0 Å². The minimum atomic E-state index is -0.525. The molecule has 7 nitrogen and oxygen atoms in total. The number of nitrogens with zero attached hydrogens (tertiary/aromatic N) is 2. The summed E-state index contributed by atoms with van der Waals surface area (Å²) in [5.74, 6) is 0.850. The van der Waals surface area contributed by atoms with Crippen LogP contribution >= 0.6 is 11.8 Å². The van der Waals surface area contributed by atoms with E-state index in [2.05, 4.69) is 20.2 Å². The van der Waals surface area contributed by atoms with Gasteiger partial charge in [-0.15, -0.1) is 0 Å². The maximum atomic E-state index is 12.7. The number of hydrogen-bond acceptors (Lipinski definition) is 5. The summed E-state index contributed by atoms with van der Waals surface area (Å²) in [5, 5.41) is 6.71. The van der Waals surface area contributed by atoms with Crippen LogP contribution in [0.2, 0.25) is 0 Å². The van der Waals surface area contributed by atoms with Gasteiger partial charge in [0.2, 0.25) is 11.8 Å². The van der Waals surface area contributed by atoms with E-state index in [1.807, 2.05) is 6.20 Å². The van der Waals surface area contributed by atoms with Crippen molar-refractivity contribution in [2.45, 2.75) is 30.6 Å². The van der Waals surface area contributed by atoms with Gasteiger partial charge in [0, 0.05) is 30.6 Å². The van der Waals surface area contributed by atoms with Crippen molar-refractivity contribution in [2.24, 2.45) is 0 Å². The van der Waals surface area contributed by atoms with Crippen molar-refractivity contribution in [1.29, 1.82) is 0 Å². The molecule has 8 heteroatoms. The van der Waals surface area contributed by atoms with Crippen molar-refractivity contribution in [1.82, 2.24) is 14.9 Å². The predicted octanol–water partition coefficient (Wildman–Crippen LogP) is 1.74. The molecule has 0 radical (unpaired) electrons. The molecule has 4 rings (SSSR count). The van der Waals surface area contributed by atoms with Gasteiger partial charge in [0.25, 0.3) is 0 Å². The van der Waals surface area contributed by atoms with Gasteiger partial charge in [-0.3, -0.25) is 9.59 Å². The molecular weight excluding hydrogens is 340 g/mol. The molecule has 25 heavy (non-hydrogen) atoms. The first-order chi connectivity index (χ1) is 12.1. The number of hydrogen-bond donors (Lipinski definition) is 2. The number of aryl methyl sites for hydroxylation is 1. The van der Waals surface area contributed by atoms with E-state index >= 15 is 0 Å². The standard InChI is InChI=1S/C17H18N4O3S/c1-24-11-2-3-14-12(6-11)13(7-15(22)20-14)16(23)18-8-10-9-21-4-5-25-17(21)19-10/h2-3,6,9,13H,4-5,7-8H2,1H3,(H,18,23)(H,20,22)/t13-/m0/s1. The Morgan fingerprint density at radius 3 is 3.20 bits per heavy atom. The lowest BCUT2D eigenvalue weighted by molar-refractivity contribution is -0.126. The van der Waals surface area contributed by atoms with E-state index in [-0.39, 0.29) is 18.2 Å². The van der Waals surface area contributed by atoms with Crippen molar-refractivity contribution < 1.29 is 14.3 Å². The summed E-state index contributed by atoms with van der Waals surface area (Å²) in [6.45, 7) is 1.31. The zero-order chi connectivity index (χ0) is 17.4. The van der Waals surface area contributed by atoms with Crippen LogP contribution in [-0.2, 0) is 22.7 Å². The highest BCUT2D eigenvalue weighted by atomic mass is 32.2. The van der Waals surface area contributed by atoms with Gasteiger partial charge in [0.05, 0.1) is 25.3 Å². The second-order valence-corrected chi connectivity index (χ2v) is 7.09. The first-order valence-corrected chi connectivity index (χ1v) is 9.07. The lowest BCUT2D eigenvalue weighted by atomic mass is 9.89. The molecule has 0 spiro atoms. The van der Waals surface area contributed by atoms with Gasteiger partial charge in [0.1, 0.15) is 5.75 Å². The van der Waals surface area contributed by atoms with Crippen LogP contribution in [-0.4, -0.2) is 34.2 Å². The van der Waals surface area contributed by atoms with Crippen LogP contribution in [0.5, 0.6) is 5.75 Å². The fraction of sp³-hybridized carbons (Fsp3) is 0.353. The molecule has 0 saturated heterocycles. The highest BCUT2D eigenvalue weighted by Crippen LogP contribution is 2.35. The average molecular weight is 358 g/mol. The summed E-state index contributed by atoms with van der Waals surface area (Å²) < 4.78 is 7.34. The summed E-state index contributed by atoms with van der Waals surface area (Å²) >= 11 is 1.72. The minimum absolute atomic E-state index is 0.127. The molecule has 2 N–H and O–H groups in total. The topological polar surface area (TPSA) is 85.2 Å². The highest BCUT2D eigenvalue weighted by Gasteiger charge is 2.31. The molecule has 1 aromatic heterocycles. The molecule has 0 saturated carbocycles. The number of aromatic nitrogens is 2. The van der Waals surface area contributed by atoms with Gasteiger partial charge < -0.3 is 19.9 Å². The number of amides is 2. The fourth-order valence-corrected chi connectivity index (χ4v) is 4.11. The van der Waals surface area contributed by atoms with E-state index in [1.54, 1.807) is 37.1 Å². The molecule has 0 unspecified atom stereocenters. The molecule has 0 fully saturated rings. The van der Waals surface area contributed by atoms with Crippen LogP contribution in [0.3, 0.4) is 0 Å². The molecule has 0 aliphatic carbocycles. The molecule has 2 aliphatic rings. The molecule has 2 aliphatic heterocycles. The number of rotatable bonds is 4. The van der Waals surface area contributed by atoms with E-state index < -0.39 is 5.92 Å². The van der Waals surface area contributed by atoms with Crippen LogP contribution in [0.15, 0.2) is 29.6 Å². The summed E-state index contributed by atoms with van der Waals surface area (Å²) in [5.41, 5.74) is 2.27. The Hall–Kier alpha value is -2.48. The summed E-state index contributed by atoms with van der Waals surface area (Å²) in [6, 6.07) is 5.34. The van der Waals surface area contributed by atoms with Gasteiger partial charge in [-0.1, -0.05) is 11.8 Å². The third-order valence-electron chi connectivity index (χ3n) is 4.41. The molecule has 2 amide bonds. The van der Waals surface area contributed by atoms with E-state index in [9.17, 15) is 9.59 Å². The van der Waals surface area contributed by atoms with Gasteiger partial charge in [-0.05, 0) is 23.8 Å². The third-order valence-corrected chi connectivity index (χ3v) is 5.38. The average Bonchev–Trinajstić information content (AvgIpc) is 3.20. The lowest BCUT2D eigenvalue weighted by Crippen LogP contribution is -2.34. The monoisotopic (exact) mass is 358 g/mol. The van der Waals surface area contributed by atoms with Gasteiger partial charge in [-0.2, -0.15) is 0 Å². The van der Waals surface area contributed by atoms with Crippen LogP contribution in [0.4, 0.5) is 5.69 Å². The van der Waals surface area contributed by atoms with Crippen molar-refractivity contribution >= 4 is 29.3 Å². The number of anilines is 1. The van der Waals surface area contributed by atoms with Crippen LogP contribution in [0.1, 0.15) is 23.6 Å². The first-order valence-electron chi connectivity index (χ1n) is 8.08. The largest absolute Gasteiger partial charge is 0.497 e. The molecular formula is C17H18N4O3S. The number of nitrogens with one attached hydrogen (secondary N) is 2. The first kappa shape index (κ1) is 16.0. The number of thioether (sulfide) groups is 1. The Morgan fingerprint density at radius 2 is 2.40 bits per heavy atom. The number of benzene rings is 1. The number of methoxy groups -OCH3 is 1. The predicted molar refractivity (Wildman–Crippen MR) is 93.8 cm³/mol. The summed E-state index contributed by atoms with van der Waals surface area (Å²) in [7, 11) is 1.58. The van der Waals surface area contributed by atoms with Gasteiger partial charge in [0.15, 0.2) is 5.16 Å². The smallest absolute Gasteiger partial charge is 0.228 e. The number of imidazole rings is 1. The molecule has 0 bridgehead atoms. The summed E-state index contributed by atoms with van der Waals surface area (Å²) in [6.07, 6.45) is 2.10. The lowest BCUT2D eigenvalue weighted by Gasteiger charge is -2.25. The number of carbonyl (C=O) groups excluding carboxylic acids is 2. The molecule has 3 heterocycles. The molecule has 1 atom stereocenters. The number of ether oxygens (including phenoxy) is 1. The highest BCUT2D eigenvalue weighted by molar-refractivity contribution is 7.99. The van der Waals surface area contributed by atoms with E-state index in [1.165, 1.54) is 0 Å². The maximum absolute atomic E-state index is 12.7. The van der Waals surface area contributed by atoms with Crippen molar-refractivity contribution in [3.8, 4) is 5.75 Å². The summed E-state index contributed by atoms with van der Waals surface area (Å²) in [4.78, 5) is 29.1. The Bertz CT molecular complexity index is 827. The number of fused-ring (bicyclic) bond motifs is 2. The maximum Gasteiger partial charge on any atom is 0.228 e. The van der Waals surface area contributed by atoms with Crippen molar-refractivity contribution in [3.05, 3.63) is 35.7 Å². The van der Waals surface area contributed by atoms with Crippen LogP contribution in [0, 0.1) is 0 Å². The Kier molecular flexibility index (Phi) is 4.12. The zero-order valence-corrected chi connectivity index (χ0v) is 14.6. The van der Waals surface area contributed by atoms with Crippen LogP contribution < -0.4 is 15.4 Å². The van der Waals surface area contributed by atoms with E-state index in [4.69, 9.17) is 4.74 Å². The SMILES string of the molecule is COc1ccc2c(c1)[C@@H](C(=O)NCc1cn3c(n1)SCC3)CC(=O)N2. The molecule has 130 valence electrons. The second kappa shape index (κ2) is 6.44. The van der Waals surface area contributed by atoms with Crippen molar-refractivity contribution in [2.75, 3.05) is 18.2 Å². The number of carbonyl (C=O) groups is 2. The van der Waals surface area contributed by atoms with E-state index in [0.717, 1.165) is 28.7 Å². The Balaban J connectivity index is 1.50. The van der Waals surface area contributed by atoms with Crippen molar-refractivity contribution in [3.63, 3.8) is 0 Å². The fourth-order valence-electron chi connectivity index (χ4n) is 3.15. The van der Waals surface area contributed by atoms with E-state index in [0.29, 0.717) is 18.0 Å². The minimum Gasteiger partial charge on any atom is -0.497 e. The van der Waals surface area contributed by atoms with Gasteiger partial charge in [-0.25, -0.2) is 4.98 Å². The third kappa shape index (κ3) is 3.09. The Morgan fingerprint density at radius 1 is 1.52 bits per heavy atom. The van der Waals surface area contributed by atoms with Gasteiger partial charge >= 0.3 is 0 Å². The molecule has 2 aromatic rings. The Labute approximate surface area is 149 Å². The quantitative estimate of drug-likeness (QED) is 0.870.